The molecule has 0 atom stereocenters. The number of hydrogen-bond donors (Lipinski definition) is 0. The molecule has 0 aliphatic carbocycles. The van der Waals surface area contributed by atoms with Crippen molar-refractivity contribution >= 4 is 27.9 Å². The fraction of sp³-hybridized carbons (Fsp3) is 0.0270. The summed E-state index contributed by atoms with van der Waals surface area (Å²) in [6, 6.07) is 46.4. The molecule has 0 radical (unpaired) electrons. The average Bonchev–Trinajstić information content (AvgIpc) is 3.36. The molecule has 2 aromatic heterocycles. The number of rotatable bonds is 6. The third-order valence-corrected chi connectivity index (χ3v) is 7.39. The van der Waals surface area contributed by atoms with E-state index in [1.807, 2.05) is 30.3 Å². The molecule has 0 fully saturated rings. The minimum Gasteiger partial charge on any atom is -0.309 e. The zero-order chi connectivity index (χ0) is 26.9. The summed E-state index contributed by atoms with van der Waals surface area (Å²) in [4.78, 5) is 10.1. The Labute approximate surface area is 233 Å². The van der Waals surface area contributed by atoms with Crippen LogP contribution >= 0.6 is 0 Å². The molecule has 0 saturated carbocycles. The minimum atomic E-state index is 0.724. The van der Waals surface area contributed by atoms with Gasteiger partial charge in [0, 0.05) is 39.7 Å². The van der Waals surface area contributed by atoms with Crippen LogP contribution in [0.4, 0.5) is 0 Å². The first kappa shape index (κ1) is 23.8. The van der Waals surface area contributed by atoms with Gasteiger partial charge in [-0.1, -0.05) is 116 Å². The average molecular weight is 514 g/mol. The molecule has 5 aromatic carbocycles. The van der Waals surface area contributed by atoms with Gasteiger partial charge in [-0.25, -0.2) is 9.97 Å². The predicted octanol–water partition coefficient (Wildman–Crippen LogP) is 9.14. The van der Waals surface area contributed by atoms with Crippen LogP contribution < -0.4 is 0 Å². The molecule has 0 aliphatic rings. The molecule has 3 heteroatoms. The minimum absolute atomic E-state index is 0.724. The first-order chi connectivity index (χ1) is 19.8. The second kappa shape index (κ2) is 10.1. The maximum absolute atomic E-state index is 5.07. The van der Waals surface area contributed by atoms with Crippen molar-refractivity contribution in [3.8, 4) is 28.3 Å². The van der Waals surface area contributed by atoms with E-state index in [4.69, 9.17) is 9.97 Å². The van der Waals surface area contributed by atoms with Crippen LogP contribution in [0.2, 0.25) is 0 Å². The molecule has 3 nitrogen and oxygen atoms in total. The Kier molecular flexibility index (Phi) is 6.02. The van der Waals surface area contributed by atoms with Crippen molar-refractivity contribution in [2.75, 3.05) is 0 Å². The summed E-state index contributed by atoms with van der Waals surface area (Å²) in [6.45, 7) is 4.07. The number of hydrogen-bond acceptors (Lipinski definition) is 2. The maximum atomic E-state index is 5.07. The lowest BCUT2D eigenvalue weighted by Crippen LogP contribution is -2.00. The van der Waals surface area contributed by atoms with E-state index in [1.54, 1.807) is 0 Å². The molecule has 190 valence electrons. The number of para-hydroxylation sites is 1. The highest BCUT2D eigenvalue weighted by Gasteiger charge is 2.15. The van der Waals surface area contributed by atoms with Gasteiger partial charge in [0.15, 0.2) is 5.82 Å². The Morgan fingerprint density at radius 2 is 1.32 bits per heavy atom. The second-order valence-electron chi connectivity index (χ2n) is 9.94. The lowest BCUT2D eigenvalue weighted by molar-refractivity contribution is 1.04. The smallest absolute Gasteiger partial charge is 0.160 e. The van der Waals surface area contributed by atoms with Gasteiger partial charge in [-0.15, -0.1) is 0 Å². The molecular formula is C37H27N3. The van der Waals surface area contributed by atoms with Crippen LogP contribution in [0.3, 0.4) is 0 Å². The van der Waals surface area contributed by atoms with Crippen molar-refractivity contribution in [1.82, 2.24) is 14.5 Å². The summed E-state index contributed by atoms with van der Waals surface area (Å²) in [5, 5.41) is 2.43. The Morgan fingerprint density at radius 1 is 0.625 bits per heavy atom. The highest BCUT2D eigenvalue weighted by molar-refractivity contribution is 6.12. The van der Waals surface area contributed by atoms with Crippen LogP contribution in [-0.4, -0.2) is 14.5 Å². The van der Waals surface area contributed by atoms with E-state index >= 15 is 0 Å². The van der Waals surface area contributed by atoms with Gasteiger partial charge in [0.1, 0.15) is 0 Å². The summed E-state index contributed by atoms with van der Waals surface area (Å²) >= 11 is 0. The second-order valence-corrected chi connectivity index (χ2v) is 9.94. The molecule has 40 heavy (non-hydrogen) atoms. The van der Waals surface area contributed by atoms with Gasteiger partial charge < -0.3 is 4.57 Å². The van der Waals surface area contributed by atoms with E-state index in [-0.39, 0.29) is 0 Å². The van der Waals surface area contributed by atoms with E-state index < -0.39 is 0 Å². The van der Waals surface area contributed by atoms with Crippen molar-refractivity contribution in [3.05, 3.63) is 157 Å². The Balaban J connectivity index is 1.41. The van der Waals surface area contributed by atoms with Gasteiger partial charge in [0.25, 0.3) is 0 Å². The molecule has 0 spiro atoms. The van der Waals surface area contributed by atoms with Crippen LogP contribution in [0.5, 0.6) is 0 Å². The van der Waals surface area contributed by atoms with Crippen molar-refractivity contribution < 1.29 is 0 Å². The molecule has 2 heterocycles. The zero-order valence-corrected chi connectivity index (χ0v) is 22.0. The molecular weight excluding hydrogens is 486 g/mol. The molecule has 0 N–H and O–H groups in total. The molecule has 0 unspecified atom stereocenters. The van der Waals surface area contributed by atoms with Gasteiger partial charge in [0.2, 0.25) is 0 Å². The van der Waals surface area contributed by atoms with Gasteiger partial charge in [-0.05, 0) is 41.5 Å². The van der Waals surface area contributed by atoms with Crippen LogP contribution in [0.1, 0.15) is 16.8 Å². The largest absolute Gasteiger partial charge is 0.309 e. The first-order valence-corrected chi connectivity index (χ1v) is 13.5. The van der Waals surface area contributed by atoms with E-state index in [0.717, 1.165) is 57.0 Å². The Morgan fingerprint density at radius 3 is 2.15 bits per heavy atom. The molecule has 0 bridgehead atoms. The third kappa shape index (κ3) is 4.28. The van der Waals surface area contributed by atoms with Gasteiger partial charge >= 0.3 is 0 Å². The number of fused-ring (bicyclic) bond motifs is 3. The SMILES string of the molecule is C=Cc1cccc2c1c1ccccc1n2-c1cccc(-c2nc(Cc3ccccc3)cc(-c3ccccc3)n2)c1. The van der Waals surface area contributed by atoms with Crippen LogP contribution in [-0.2, 0) is 6.42 Å². The topological polar surface area (TPSA) is 30.7 Å². The van der Waals surface area contributed by atoms with E-state index in [9.17, 15) is 0 Å². The highest BCUT2D eigenvalue weighted by atomic mass is 15.0. The highest BCUT2D eigenvalue weighted by Crippen LogP contribution is 2.35. The van der Waals surface area contributed by atoms with Crippen molar-refractivity contribution in [3.63, 3.8) is 0 Å². The fourth-order valence-corrected chi connectivity index (χ4v) is 5.56. The van der Waals surface area contributed by atoms with Crippen molar-refractivity contribution in [2.24, 2.45) is 0 Å². The van der Waals surface area contributed by atoms with E-state index in [1.165, 1.54) is 16.3 Å². The van der Waals surface area contributed by atoms with Gasteiger partial charge in [0.05, 0.1) is 16.7 Å². The quantitative estimate of drug-likeness (QED) is 0.222. The molecule has 7 rings (SSSR count). The first-order valence-electron chi connectivity index (χ1n) is 13.5. The normalized spacial score (nSPS) is 11.2. The summed E-state index contributed by atoms with van der Waals surface area (Å²) < 4.78 is 2.33. The fourth-order valence-electron chi connectivity index (χ4n) is 5.56. The number of aromatic nitrogens is 3. The molecule has 7 aromatic rings. The summed E-state index contributed by atoms with van der Waals surface area (Å²) in [7, 11) is 0. The van der Waals surface area contributed by atoms with Crippen LogP contribution in [0, 0.1) is 0 Å². The number of nitrogens with zero attached hydrogens (tertiary/aromatic N) is 3. The van der Waals surface area contributed by atoms with E-state index in [0.29, 0.717) is 0 Å². The summed E-state index contributed by atoms with van der Waals surface area (Å²) in [6.07, 6.45) is 2.68. The predicted molar refractivity (Wildman–Crippen MR) is 167 cm³/mol. The summed E-state index contributed by atoms with van der Waals surface area (Å²) in [5.74, 6) is 0.724. The van der Waals surface area contributed by atoms with E-state index in [2.05, 4.69) is 120 Å². The maximum Gasteiger partial charge on any atom is 0.160 e. The third-order valence-electron chi connectivity index (χ3n) is 7.39. The number of benzene rings is 5. The Hall–Kier alpha value is -5.28. The van der Waals surface area contributed by atoms with Crippen LogP contribution in [0.25, 0.3) is 56.2 Å². The van der Waals surface area contributed by atoms with Crippen molar-refractivity contribution in [2.45, 2.75) is 6.42 Å². The Bertz CT molecular complexity index is 1990. The molecule has 0 amide bonds. The lowest BCUT2D eigenvalue weighted by Gasteiger charge is -2.12. The standard InChI is InChI=1S/C37H27N3/c1-2-27-17-12-22-35-36(27)32-20-9-10-21-34(32)40(35)31-19-11-18-29(24-31)37-38-30(23-26-13-5-3-6-14-26)25-33(39-37)28-15-7-4-8-16-28/h2-22,24-25H,1,23H2. The zero-order valence-electron chi connectivity index (χ0n) is 22.0. The monoisotopic (exact) mass is 513 g/mol. The van der Waals surface area contributed by atoms with Crippen LogP contribution in [0.15, 0.2) is 140 Å². The van der Waals surface area contributed by atoms with Crippen molar-refractivity contribution in [1.29, 1.82) is 0 Å². The van der Waals surface area contributed by atoms with Gasteiger partial charge in [-0.3, -0.25) is 0 Å². The summed E-state index contributed by atoms with van der Waals surface area (Å²) in [5.41, 5.74) is 9.72. The molecule has 0 saturated heterocycles. The molecule has 0 aliphatic heterocycles. The lowest BCUT2D eigenvalue weighted by atomic mass is 10.1. The van der Waals surface area contributed by atoms with Gasteiger partial charge in [-0.2, -0.15) is 0 Å².